The molecule has 126 valence electrons. The number of nitrogens with one attached hydrogen (secondary N) is 2. The monoisotopic (exact) mass is 329 g/mol. The topological polar surface area (TPSA) is 90.7 Å². The molecule has 1 aromatic heterocycles. The molecule has 0 aliphatic carbocycles. The van der Waals surface area contributed by atoms with E-state index in [1.165, 1.54) is 4.90 Å². The third-order valence-corrected chi connectivity index (χ3v) is 4.44. The zero-order chi connectivity index (χ0) is 16.5. The van der Waals surface area contributed by atoms with Crippen molar-refractivity contribution >= 4 is 28.7 Å². The number of urea groups is 1. The van der Waals surface area contributed by atoms with E-state index in [0.717, 1.165) is 43.7 Å². The first-order valence-electron chi connectivity index (χ1n) is 8.13. The number of hydrogen-bond donors (Lipinski definition) is 2. The Morgan fingerprint density at radius 1 is 1.17 bits per heavy atom. The molecule has 4 rings (SSSR count). The summed E-state index contributed by atoms with van der Waals surface area (Å²) in [6.45, 7) is 5.21. The number of anilines is 1. The molecule has 2 N–H and O–H groups in total. The lowest BCUT2D eigenvalue weighted by Crippen LogP contribution is -2.49. The minimum absolute atomic E-state index is 0.261. The standard InChI is InChI=1S/C16H19N5O3/c22-14-3-6-21(16(23)18-14)15-12-9-11(1-2-13(12)24-19-15)10-20-7-4-17-5-8-20/h1-2,9,17H,3-8,10H2,(H,18,22,23). The van der Waals surface area contributed by atoms with E-state index in [2.05, 4.69) is 20.7 Å². The van der Waals surface area contributed by atoms with Crippen molar-refractivity contribution in [1.29, 1.82) is 0 Å². The number of carbonyl (C=O) groups excluding carboxylic acids is 2. The molecule has 0 unspecified atom stereocenters. The zero-order valence-electron chi connectivity index (χ0n) is 13.2. The van der Waals surface area contributed by atoms with Crippen molar-refractivity contribution < 1.29 is 14.1 Å². The summed E-state index contributed by atoms with van der Waals surface area (Å²) in [5, 5.41) is 10.5. The van der Waals surface area contributed by atoms with Crippen LogP contribution in [0.25, 0.3) is 11.0 Å². The number of hydrogen-bond acceptors (Lipinski definition) is 6. The van der Waals surface area contributed by atoms with Crippen molar-refractivity contribution in [2.24, 2.45) is 0 Å². The Bertz CT molecular complexity index is 781. The maximum Gasteiger partial charge on any atom is 0.329 e. The Labute approximate surface area is 138 Å². The van der Waals surface area contributed by atoms with E-state index in [4.69, 9.17) is 4.52 Å². The number of amides is 3. The molecule has 0 radical (unpaired) electrons. The second-order valence-corrected chi connectivity index (χ2v) is 6.12. The quantitative estimate of drug-likeness (QED) is 0.860. The molecule has 0 atom stereocenters. The van der Waals surface area contributed by atoms with Crippen LogP contribution in [-0.4, -0.2) is 54.7 Å². The summed E-state index contributed by atoms with van der Waals surface area (Å²) in [6, 6.07) is 5.48. The van der Waals surface area contributed by atoms with Crippen LogP contribution in [0.1, 0.15) is 12.0 Å². The zero-order valence-corrected chi connectivity index (χ0v) is 13.2. The minimum atomic E-state index is -0.450. The molecule has 2 fully saturated rings. The molecule has 0 bridgehead atoms. The number of fused-ring (bicyclic) bond motifs is 1. The van der Waals surface area contributed by atoms with Gasteiger partial charge < -0.3 is 9.84 Å². The van der Waals surface area contributed by atoms with Gasteiger partial charge >= 0.3 is 6.03 Å². The van der Waals surface area contributed by atoms with Gasteiger partial charge in [-0.2, -0.15) is 0 Å². The first kappa shape index (κ1) is 15.1. The largest absolute Gasteiger partial charge is 0.354 e. The lowest BCUT2D eigenvalue weighted by atomic mass is 10.1. The van der Waals surface area contributed by atoms with Crippen LogP contribution >= 0.6 is 0 Å². The summed E-state index contributed by atoms with van der Waals surface area (Å²) < 4.78 is 5.34. The second kappa shape index (κ2) is 6.21. The van der Waals surface area contributed by atoms with E-state index in [-0.39, 0.29) is 12.3 Å². The van der Waals surface area contributed by atoms with Gasteiger partial charge in [0.2, 0.25) is 5.91 Å². The molecule has 2 aliphatic rings. The van der Waals surface area contributed by atoms with E-state index in [0.29, 0.717) is 17.9 Å². The maximum absolute atomic E-state index is 12.0. The van der Waals surface area contributed by atoms with Gasteiger partial charge in [-0.1, -0.05) is 11.2 Å². The van der Waals surface area contributed by atoms with Crippen LogP contribution in [0.15, 0.2) is 22.7 Å². The Morgan fingerprint density at radius 3 is 2.79 bits per heavy atom. The molecular weight excluding hydrogens is 310 g/mol. The Morgan fingerprint density at radius 2 is 2.00 bits per heavy atom. The molecule has 0 saturated carbocycles. The summed E-state index contributed by atoms with van der Waals surface area (Å²) in [5.41, 5.74) is 1.79. The van der Waals surface area contributed by atoms with Gasteiger partial charge in [-0.15, -0.1) is 0 Å². The lowest BCUT2D eigenvalue weighted by Gasteiger charge is -2.27. The third kappa shape index (κ3) is 2.85. The van der Waals surface area contributed by atoms with Crippen LogP contribution in [-0.2, 0) is 11.3 Å². The molecule has 2 aromatic rings. The number of imide groups is 1. The van der Waals surface area contributed by atoms with E-state index in [1.54, 1.807) is 0 Å². The average Bonchev–Trinajstić information content (AvgIpc) is 2.99. The average molecular weight is 329 g/mol. The summed E-state index contributed by atoms with van der Waals surface area (Å²) in [5.74, 6) is 0.209. The van der Waals surface area contributed by atoms with Crippen LogP contribution < -0.4 is 15.5 Å². The molecule has 3 amide bonds. The number of piperazine rings is 1. The van der Waals surface area contributed by atoms with Crippen LogP contribution in [0.2, 0.25) is 0 Å². The molecule has 0 spiro atoms. The summed E-state index contributed by atoms with van der Waals surface area (Å²) in [4.78, 5) is 27.2. The molecule has 1 aromatic carbocycles. The number of rotatable bonds is 3. The first-order chi connectivity index (χ1) is 11.7. The second-order valence-electron chi connectivity index (χ2n) is 6.12. The van der Waals surface area contributed by atoms with Crippen molar-refractivity contribution in [3.05, 3.63) is 23.8 Å². The summed E-state index contributed by atoms with van der Waals surface area (Å²) >= 11 is 0. The third-order valence-electron chi connectivity index (χ3n) is 4.44. The van der Waals surface area contributed by atoms with Crippen LogP contribution in [0.5, 0.6) is 0 Å². The van der Waals surface area contributed by atoms with Crippen LogP contribution in [0, 0.1) is 0 Å². The highest BCUT2D eigenvalue weighted by Crippen LogP contribution is 2.28. The van der Waals surface area contributed by atoms with Gasteiger partial charge in [-0.25, -0.2) is 4.79 Å². The predicted octanol–water partition coefficient (Wildman–Crippen LogP) is 0.679. The number of carbonyl (C=O) groups is 2. The van der Waals surface area contributed by atoms with Crippen molar-refractivity contribution in [2.75, 3.05) is 37.6 Å². The maximum atomic E-state index is 12.0. The highest BCUT2D eigenvalue weighted by molar-refractivity contribution is 6.08. The molecule has 2 saturated heterocycles. The Balaban J connectivity index is 1.61. The number of nitrogens with zero attached hydrogens (tertiary/aromatic N) is 3. The van der Waals surface area contributed by atoms with Crippen molar-refractivity contribution in [2.45, 2.75) is 13.0 Å². The normalized spacial score (nSPS) is 19.8. The van der Waals surface area contributed by atoms with Gasteiger partial charge in [0.25, 0.3) is 0 Å². The van der Waals surface area contributed by atoms with Gasteiger partial charge in [-0.3, -0.25) is 19.9 Å². The SMILES string of the molecule is O=C1CCN(c2noc3ccc(CN4CCNCC4)cc23)C(=O)N1. The van der Waals surface area contributed by atoms with Gasteiger partial charge in [0.1, 0.15) is 0 Å². The molecule has 2 aliphatic heterocycles. The molecule has 24 heavy (non-hydrogen) atoms. The smallest absolute Gasteiger partial charge is 0.329 e. The Kier molecular flexibility index (Phi) is 3.91. The number of aromatic nitrogens is 1. The van der Waals surface area contributed by atoms with E-state index in [1.807, 2.05) is 18.2 Å². The van der Waals surface area contributed by atoms with Crippen LogP contribution in [0.3, 0.4) is 0 Å². The van der Waals surface area contributed by atoms with Gasteiger partial charge in [0.05, 0.1) is 5.39 Å². The fourth-order valence-electron chi connectivity index (χ4n) is 3.16. The first-order valence-corrected chi connectivity index (χ1v) is 8.13. The van der Waals surface area contributed by atoms with E-state index in [9.17, 15) is 9.59 Å². The summed E-state index contributed by atoms with van der Waals surface area (Å²) in [7, 11) is 0. The fourth-order valence-corrected chi connectivity index (χ4v) is 3.16. The van der Waals surface area contributed by atoms with Crippen molar-refractivity contribution in [3.8, 4) is 0 Å². The molecule has 8 nitrogen and oxygen atoms in total. The highest BCUT2D eigenvalue weighted by Gasteiger charge is 2.28. The van der Waals surface area contributed by atoms with Crippen LogP contribution in [0.4, 0.5) is 10.6 Å². The minimum Gasteiger partial charge on any atom is -0.354 e. The van der Waals surface area contributed by atoms with Gasteiger partial charge in [0.15, 0.2) is 11.4 Å². The Hall–Kier alpha value is -2.45. The van der Waals surface area contributed by atoms with E-state index < -0.39 is 6.03 Å². The van der Waals surface area contributed by atoms with E-state index >= 15 is 0 Å². The van der Waals surface area contributed by atoms with Crippen molar-refractivity contribution in [3.63, 3.8) is 0 Å². The van der Waals surface area contributed by atoms with Gasteiger partial charge in [0, 0.05) is 45.7 Å². The summed E-state index contributed by atoms with van der Waals surface area (Å²) in [6.07, 6.45) is 0.264. The predicted molar refractivity (Wildman–Crippen MR) is 87.7 cm³/mol. The molecule has 8 heteroatoms. The van der Waals surface area contributed by atoms with Crippen molar-refractivity contribution in [1.82, 2.24) is 20.7 Å². The molecule has 3 heterocycles. The molecular formula is C16H19N5O3. The number of benzene rings is 1. The fraction of sp³-hybridized carbons (Fsp3) is 0.438. The lowest BCUT2D eigenvalue weighted by molar-refractivity contribution is -0.120. The van der Waals surface area contributed by atoms with Gasteiger partial charge in [-0.05, 0) is 17.7 Å². The highest BCUT2D eigenvalue weighted by atomic mass is 16.5.